The van der Waals surface area contributed by atoms with Gasteiger partial charge >= 0.3 is 0 Å². The third-order valence-electron chi connectivity index (χ3n) is 25.6. The van der Waals surface area contributed by atoms with Crippen LogP contribution in [-0.2, 0) is 16.2 Å². The van der Waals surface area contributed by atoms with E-state index in [4.69, 9.17) is 9.97 Å². The molecular formula is C107H75N5. The van der Waals surface area contributed by atoms with Crippen molar-refractivity contribution in [2.75, 3.05) is 0 Å². The molecule has 3 aliphatic carbocycles. The summed E-state index contributed by atoms with van der Waals surface area (Å²) in [4.78, 5) is 11.6. The highest BCUT2D eigenvalue weighted by atomic mass is 15.0. The van der Waals surface area contributed by atoms with Crippen molar-refractivity contribution in [2.24, 2.45) is 0 Å². The van der Waals surface area contributed by atoms with Crippen LogP contribution in [-0.4, -0.2) is 23.7 Å². The molecule has 5 nitrogen and oxygen atoms in total. The van der Waals surface area contributed by atoms with Gasteiger partial charge in [-0.2, -0.15) is 0 Å². The zero-order valence-corrected chi connectivity index (χ0v) is 63.1. The van der Waals surface area contributed by atoms with E-state index in [1.807, 2.05) is 0 Å². The smallest absolute Gasteiger partial charge is 0.0973 e. The zero-order chi connectivity index (χ0) is 74.6. The third kappa shape index (κ3) is 9.37. The van der Waals surface area contributed by atoms with Gasteiger partial charge in [-0.05, 0) is 233 Å². The van der Waals surface area contributed by atoms with E-state index in [-0.39, 0.29) is 16.2 Å². The molecule has 528 valence electrons. The monoisotopic (exact) mass is 1430 g/mol. The minimum atomic E-state index is -0.0634. The first-order chi connectivity index (χ1) is 54.8. The summed E-state index contributed by atoms with van der Waals surface area (Å²) < 4.78 is 7.29. The average molecular weight is 1430 g/mol. The summed E-state index contributed by atoms with van der Waals surface area (Å²) in [5.74, 6) is 0. The van der Waals surface area contributed by atoms with E-state index >= 15 is 0 Å². The normalized spacial score (nSPS) is 14.0. The molecule has 0 atom stereocenters. The summed E-state index contributed by atoms with van der Waals surface area (Å²) in [7, 11) is 0. The molecule has 23 rings (SSSR count). The fraction of sp³-hybridized carbons (Fsp3) is 0.0841. The fourth-order valence-corrected chi connectivity index (χ4v) is 20.0. The highest BCUT2D eigenvalue weighted by Gasteiger charge is 2.38. The highest BCUT2D eigenvalue weighted by molar-refractivity contribution is 6.14. The summed E-state index contributed by atoms with van der Waals surface area (Å²) in [6.07, 6.45) is 0. The van der Waals surface area contributed by atoms with Gasteiger partial charge in [0.25, 0.3) is 0 Å². The molecule has 0 radical (unpaired) electrons. The van der Waals surface area contributed by atoms with E-state index in [9.17, 15) is 0 Å². The largest absolute Gasteiger partial charge is 0.309 e. The Bertz CT molecular complexity index is 7490. The first-order valence-corrected chi connectivity index (χ1v) is 39.3. The predicted octanol–water partition coefficient (Wildman–Crippen LogP) is 27.8. The van der Waals surface area contributed by atoms with Gasteiger partial charge in [0.2, 0.25) is 0 Å². The van der Waals surface area contributed by atoms with Gasteiger partial charge in [-0.15, -0.1) is 0 Å². The molecule has 0 N–H and O–H groups in total. The van der Waals surface area contributed by atoms with Crippen LogP contribution < -0.4 is 0 Å². The molecule has 0 saturated carbocycles. The Morgan fingerprint density at radius 1 is 0.188 bits per heavy atom. The van der Waals surface area contributed by atoms with Crippen molar-refractivity contribution in [3.63, 3.8) is 0 Å². The number of benzene rings is 16. The lowest BCUT2D eigenvalue weighted by molar-refractivity contribution is 0.660. The Morgan fingerprint density at radius 2 is 0.464 bits per heavy atom. The maximum absolute atomic E-state index is 5.86. The summed E-state index contributed by atoms with van der Waals surface area (Å²) in [6, 6.07) is 129. The van der Waals surface area contributed by atoms with E-state index in [0.29, 0.717) is 0 Å². The van der Waals surface area contributed by atoms with Gasteiger partial charge < -0.3 is 13.7 Å². The van der Waals surface area contributed by atoms with Gasteiger partial charge in [0, 0.05) is 76.8 Å². The lowest BCUT2D eigenvalue weighted by Gasteiger charge is -2.21. The molecule has 0 spiro atoms. The molecule has 3 aliphatic rings. The first kappa shape index (κ1) is 64.3. The van der Waals surface area contributed by atoms with E-state index in [1.165, 1.54) is 132 Å². The summed E-state index contributed by atoms with van der Waals surface area (Å²) in [5.41, 5.74) is 40.7. The van der Waals surface area contributed by atoms with Crippen LogP contribution in [0.3, 0.4) is 0 Å². The first-order valence-electron chi connectivity index (χ1n) is 39.3. The van der Waals surface area contributed by atoms with Crippen LogP contribution in [0, 0.1) is 0 Å². The molecule has 0 unspecified atom stereocenters. The third-order valence-corrected chi connectivity index (χ3v) is 25.6. The van der Waals surface area contributed by atoms with Crippen molar-refractivity contribution in [1.29, 1.82) is 0 Å². The van der Waals surface area contributed by atoms with Gasteiger partial charge in [-0.3, -0.25) is 0 Å². The van der Waals surface area contributed by atoms with Crippen LogP contribution in [0.1, 0.15) is 74.9 Å². The Balaban J connectivity index is 0.655. The lowest BCUT2D eigenvalue weighted by atomic mass is 9.82. The Hall–Kier alpha value is -13.7. The quantitative estimate of drug-likeness (QED) is 0.144. The number of rotatable bonds is 9. The molecule has 112 heavy (non-hydrogen) atoms. The van der Waals surface area contributed by atoms with Crippen LogP contribution in [0.15, 0.2) is 346 Å². The Morgan fingerprint density at radius 3 is 0.857 bits per heavy atom. The van der Waals surface area contributed by atoms with Crippen molar-refractivity contribution >= 4 is 76.5 Å². The maximum Gasteiger partial charge on any atom is 0.0973 e. The number of nitrogens with zero attached hydrogens (tertiary/aromatic N) is 5. The Kier molecular flexibility index (Phi) is 13.6. The van der Waals surface area contributed by atoms with Crippen LogP contribution in [0.25, 0.3) is 194 Å². The van der Waals surface area contributed by atoms with E-state index < -0.39 is 0 Å². The van der Waals surface area contributed by atoms with Crippen LogP contribution >= 0.6 is 0 Å². The fourth-order valence-electron chi connectivity index (χ4n) is 20.0. The van der Waals surface area contributed by atoms with Gasteiger partial charge in [-0.25, -0.2) is 9.97 Å². The van der Waals surface area contributed by atoms with Crippen molar-refractivity contribution < 1.29 is 0 Å². The molecule has 4 aromatic heterocycles. The van der Waals surface area contributed by atoms with Crippen LogP contribution in [0.4, 0.5) is 0 Å². The second-order valence-corrected chi connectivity index (χ2v) is 32.8. The van der Waals surface area contributed by atoms with E-state index in [1.54, 1.807) is 0 Å². The average Bonchev–Trinajstić information content (AvgIpc) is 1.61. The summed E-state index contributed by atoms with van der Waals surface area (Å²) in [6.45, 7) is 14.1. The number of para-hydroxylation sites is 3. The molecular weight excluding hydrogens is 1360 g/mol. The highest BCUT2D eigenvalue weighted by Crippen LogP contribution is 2.54. The second-order valence-electron chi connectivity index (χ2n) is 32.8. The van der Waals surface area contributed by atoms with Gasteiger partial charge in [0.1, 0.15) is 0 Å². The molecule has 4 heterocycles. The SMILES string of the molecule is CC1(C)c2ccccc2-c2cc(-c3ccc4c(c3)c3ccccc3n4-c3cccc(-c4ccc5nc(-c6cccc(-n7c8ccccc8c8cc(-c9ccc%10c(c9)-c9ccccc9C%10(C)C)ccc87)c6)c(-c6cccc(-n7c8ccccc8c8cc(-c9ccc%10c(c9)-c9ccccc9C%10(C)C)ccc87)c6)nc5c4)c3)ccc21. The maximum atomic E-state index is 5.86. The van der Waals surface area contributed by atoms with Crippen LogP contribution in [0.5, 0.6) is 0 Å². The minimum absolute atomic E-state index is 0.0499. The molecule has 0 aliphatic heterocycles. The summed E-state index contributed by atoms with van der Waals surface area (Å²) in [5, 5.41) is 7.25. The van der Waals surface area contributed by atoms with Gasteiger partial charge in [0.05, 0.1) is 55.5 Å². The molecule has 16 aromatic carbocycles. The molecule has 0 bridgehead atoms. The summed E-state index contributed by atoms with van der Waals surface area (Å²) >= 11 is 0. The lowest BCUT2D eigenvalue weighted by Crippen LogP contribution is -2.14. The van der Waals surface area contributed by atoms with E-state index in [0.717, 1.165) is 94.8 Å². The number of fused-ring (bicyclic) bond motifs is 19. The topological polar surface area (TPSA) is 40.6 Å². The Labute approximate surface area is 650 Å². The molecule has 0 fully saturated rings. The molecule has 0 saturated heterocycles. The number of hydrogen-bond donors (Lipinski definition) is 0. The van der Waals surface area contributed by atoms with Crippen molar-refractivity contribution in [2.45, 2.75) is 57.8 Å². The second kappa shape index (κ2) is 23.6. The zero-order valence-electron chi connectivity index (χ0n) is 63.1. The van der Waals surface area contributed by atoms with Crippen molar-refractivity contribution in [1.82, 2.24) is 23.7 Å². The van der Waals surface area contributed by atoms with Gasteiger partial charge in [0.15, 0.2) is 0 Å². The number of aromatic nitrogens is 5. The standard InChI is InChI=1S/C107H75N5/c1-105(2)89-34-13-7-28-77(89)83-57-65(40-47-92(83)105)68-44-51-100-86(60-68)80-31-10-16-37-97(80)110(100)74-25-19-22-64(54-74)71-43-50-95-96(63-71)109-104(73-24-21-27-76(56-73)112-99-39-18-12-33-82(99)88-62-70(46-53-102(88)112)67-42-49-94-85(59-67)79-30-9-15-36-91(79)107(94,5)6)103(108-95)72-23-20-26-75(55-72)111-98-38-17-11-32-81(98)87-61-69(45-52-101(87)111)66-41-48-93-84(58-66)78-29-8-14-35-90(78)106(93,3)4/h7-63H,1-6H3. The van der Waals surface area contributed by atoms with Gasteiger partial charge in [-0.1, -0.05) is 266 Å². The molecule has 0 amide bonds. The van der Waals surface area contributed by atoms with E-state index in [2.05, 4.69) is 401 Å². The number of hydrogen-bond acceptors (Lipinski definition) is 2. The predicted molar refractivity (Wildman–Crippen MR) is 468 cm³/mol. The van der Waals surface area contributed by atoms with Crippen molar-refractivity contribution in [3.05, 3.63) is 379 Å². The van der Waals surface area contributed by atoms with Crippen molar-refractivity contribution in [3.8, 4) is 117 Å². The molecule has 5 heteroatoms. The van der Waals surface area contributed by atoms with Crippen LogP contribution in [0.2, 0.25) is 0 Å². The minimum Gasteiger partial charge on any atom is -0.309 e. The molecule has 20 aromatic rings.